The Balaban J connectivity index is 1.59. The van der Waals surface area contributed by atoms with Crippen LogP contribution in [0.15, 0.2) is 48.2 Å². The number of nitrogens with one attached hydrogen (secondary N) is 1. The molecule has 0 saturated heterocycles. The zero-order valence-electron chi connectivity index (χ0n) is 15.5. The molecule has 136 valence electrons. The first-order valence-corrected chi connectivity index (χ1v) is 9.51. The molecule has 3 aliphatic rings. The summed E-state index contributed by atoms with van der Waals surface area (Å²) in [4.78, 5) is 14.7. The molecule has 1 fully saturated rings. The predicted molar refractivity (Wildman–Crippen MR) is 105 cm³/mol. The van der Waals surface area contributed by atoms with Crippen LogP contribution < -0.4 is 15.0 Å². The number of amides is 1. The lowest BCUT2D eigenvalue weighted by Crippen LogP contribution is -2.31. The van der Waals surface area contributed by atoms with Crippen LogP contribution >= 0.6 is 0 Å². The predicted octanol–water partition coefficient (Wildman–Crippen LogP) is 4.05. The van der Waals surface area contributed by atoms with Crippen LogP contribution in [0.3, 0.4) is 0 Å². The van der Waals surface area contributed by atoms with Gasteiger partial charge >= 0.3 is 0 Å². The number of hydrogen-bond acceptors (Lipinski definition) is 3. The molecule has 0 spiro atoms. The second-order valence-corrected chi connectivity index (χ2v) is 7.54. The van der Waals surface area contributed by atoms with Gasteiger partial charge in [-0.2, -0.15) is 0 Å². The van der Waals surface area contributed by atoms with Crippen LogP contribution in [0.1, 0.15) is 37.7 Å². The van der Waals surface area contributed by atoms with E-state index in [0.29, 0.717) is 0 Å². The highest BCUT2D eigenvalue weighted by molar-refractivity contribution is 5.85. The first-order chi connectivity index (χ1) is 12.6. The van der Waals surface area contributed by atoms with Crippen LogP contribution in [0.25, 0.3) is 5.57 Å². The lowest BCUT2D eigenvalue weighted by atomic mass is 9.88. The van der Waals surface area contributed by atoms with Crippen molar-refractivity contribution in [1.82, 2.24) is 5.32 Å². The van der Waals surface area contributed by atoms with Gasteiger partial charge in [0.25, 0.3) is 0 Å². The molecule has 1 saturated carbocycles. The molecule has 1 N–H and O–H groups in total. The van der Waals surface area contributed by atoms with E-state index >= 15 is 0 Å². The number of carbonyl (C=O) groups is 1. The smallest absolute Gasteiger partial charge is 0.227 e. The third-order valence-electron chi connectivity index (χ3n) is 5.47. The normalized spacial score (nSPS) is 21.7. The summed E-state index contributed by atoms with van der Waals surface area (Å²) in [6.45, 7) is 0. The molecule has 1 aliphatic heterocycles. The molecule has 0 bridgehead atoms. The maximum atomic E-state index is 12.6. The fourth-order valence-corrected chi connectivity index (χ4v) is 3.94. The van der Waals surface area contributed by atoms with Crippen molar-refractivity contribution in [3.63, 3.8) is 0 Å². The highest BCUT2D eigenvalue weighted by Gasteiger charge is 2.29. The lowest BCUT2D eigenvalue weighted by molar-refractivity contribution is -0.125. The zero-order chi connectivity index (χ0) is 18.1. The van der Waals surface area contributed by atoms with Gasteiger partial charge in [0.2, 0.25) is 5.91 Å². The van der Waals surface area contributed by atoms with Gasteiger partial charge < -0.3 is 15.0 Å². The van der Waals surface area contributed by atoms with E-state index in [4.69, 9.17) is 4.74 Å². The van der Waals surface area contributed by atoms with Crippen molar-refractivity contribution < 1.29 is 9.53 Å². The highest BCUT2D eigenvalue weighted by atomic mass is 16.5. The maximum absolute atomic E-state index is 12.6. The number of anilines is 1. The number of carbonyl (C=O) groups excluding carboxylic acids is 1. The van der Waals surface area contributed by atoms with Crippen molar-refractivity contribution in [1.29, 1.82) is 0 Å². The van der Waals surface area contributed by atoms with Gasteiger partial charge in [-0.1, -0.05) is 25.3 Å². The summed E-state index contributed by atoms with van der Waals surface area (Å²) in [6.07, 6.45) is 13.5. The molecule has 4 heteroatoms. The summed E-state index contributed by atoms with van der Waals surface area (Å²) >= 11 is 0. The summed E-state index contributed by atoms with van der Waals surface area (Å²) in [5, 5.41) is 3.14. The van der Waals surface area contributed by atoms with E-state index in [2.05, 4.69) is 28.4 Å². The van der Waals surface area contributed by atoms with Crippen molar-refractivity contribution in [2.24, 2.45) is 5.92 Å². The fourth-order valence-electron chi connectivity index (χ4n) is 3.94. The van der Waals surface area contributed by atoms with Crippen molar-refractivity contribution in [3.05, 3.63) is 53.8 Å². The number of ether oxygens (including phenoxy) is 1. The van der Waals surface area contributed by atoms with Gasteiger partial charge in [0.15, 0.2) is 0 Å². The van der Waals surface area contributed by atoms with Gasteiger partial charge in [0.05, 0.1) is 0 Å². The number of hydrogen-bond donors (Lipinski definition) is 1. The van der Waals surface area contributed by atoms with Crippen molar-refractivity contribution >= 4 is 17.2 Å². The number of nitrogens with zero attached hydrogens (tertiary/aromatic N) is 1. The number of benzene rings is 1. The van der Waals surface area contributed by atoms with Gasteiger partial charge in [-0.15, -0.1) is 0 Å². The molecular weight excluding hydrogens is 324 g/mol. The zero-order valence-corrected chi connectivity index (χ0v) is 15.5. The number of rotatable bonds is 3. The van der Waals surface area contributed by atoms with Gasteiger partial charge in [-0.05, 0) is 49.3 Å². The largest absolute Gasteiger partial charge is 0.481 e. The summed E-state index contributed by atoms with van der Waals surface area (Å²) < 4.78 is 6.08. The van der Waals surface area contributed by atoms with Gasteiger partial charge in [0.1, 0.15) is 11.9 Å². The Morgan fingerprint density at radius 2 is 2.00 bits per heavy atom. The molecule has 1 atom stereocenters. The molecule has 1 aromatic rings. The van der Waals surface area contributed by atoms with Gasteiger partial charge in [0, 0.05) is 42.5 Å². The average Bonchev–Trinajstić information content (AvgIpc) is 2.86. The minimum absolute atomic E-state index is 0.0947. The molecule has 1 amide bonds. The molecule has 2 aliphatic carbocycles. The first kappa shape index (κ1) is 17.0. The second-order valence-electron chi connectivity index (χ2n) is 7.54. The van der Waals surface area contributed by atoms with E-state index in [1.165, 1.54) is 6.42 Å². The third kappa shape index (κ3) is 3.28. The van der Waals surface area contributed by atoms with E-state index in [1.807, 2.05) is 38.4 Å². The van der Waals surface area contributed by atoms with E-state index in [-0.39, 0.29) is 17.9 Å². The van der Waals surface area contributed by atoms with Gasteiger partial charge in [-0.3, -0.25) is 4.79 Å². The van der Waals surface area contributed by atoms with Crippen molar-refractivity contribution in [3.8, 4) is 5.75 Å². The highest BCUT2D eigenvalue weighted by Crippen LogP contribution is 2.41. The monoisotopic (exact) mass is 350 g/mol. The lowest BCUT2D eigenvalue weighted by Gasteiger charge is -2.21. The summed E-state index contributed by atoms with van der Waals surface area (Å²) in [5.74, 6) is 1.20. The number of allylic oxidation sites excluding steroid dienone is 3. The molecule has 1 aromatic carbocycles. The Kier molecular flexibility index (Phi) is 4.58. The summed E-state index contributed by atoms with van der Waals surface area (Å²) in [5.41, 5.74) is 4.19. The minimum Gasteiger partial charge on any atom is -0.481 e. The molecule has 4 nitrogen and oxygen atoms in total. The Morgan fingerprint density at radius 1 is 1.19 bits per heavy atom. The van der Waals surface area contributed by atoms with E-state index in [0.717, 1.165) is 54.0 Å². The minimum atomic E-state index is -0.0947. The van der Waals surface area contributed by atoms with E-state index in [1.54, 1.807) is 0 Å². The Hall–Kier alpha value is -2.49. The summed E-state index contributed by atoms with van der Waals surface area (Å²) in [6, 6.07) is 6.24. The van der Waals surface area contributed by atoms with Crippen LogP contribution in [-0.4, -0.2) is 26.1 Å². The van der Waals surface area contributed by atoms with Crippen LogP contribution in [0.4, 0.5) is 5.69 Å². The molecule has 4 rings (SSSR count). The third-order valence-corrected chi connectivity index (χ3v) is 5.47. The topological polar surface area (TPSA) is 41.6 Å². The molecule has 0 radical (unpaired) electrons. The molecular formula is C22H26N2O2. The van der Waals surface area contributed by atoms with Crippen LogP contribution in [0.5, 0.6) is 5.75 Å². The van der Waals surface area contributed by atoms with Crippen molar-refractivity contribution in [2.75, 3.05) is 19.0 Å². The van der Waals surface area contributed by atoms with E-state index < -0.39 is 0 Å². The van der Waals surface area contributed by atoms with Crippen LogP contribution in [0.2, 0.25) is 0 Å². The molecule has 26 heavy (non-hydrogen) atoms. The standard InChI is InChI=1S/C22H26N2O2/c1-24(2)17-11-12-21-19(14-17)18-13-16(9-6-10-20(18)26-21)23-22(25)15-7-4-3-5-8-15/h6,9-15,20H,3-5,7-8H2,1-2H3,(H,23,25). The first-order valence-electron chi connectivity index (χ1n) is 9.51. The maximum Gasteiger partial charge on any atom is 0.227 e. The Morgan fingerprint density at radius 3 is 2.77 bits per heavy atom. The van der Waals surface area contributed by atoms with E-state index in [9.17, 15) is 4.79 Å². The van der Waals surface area contributed by atoms with Crippen LogP contribution in [-0.2, 0) is 4.79 Å². The van der Waals surface area contributed by atoms with Crippen LogP contribution in [0, 0.1) is 5.92 Å². The quantitative estimate of drug-likeness (QED) is 0.894. The molecule has 1 heterocycles. The van der Waals surface area contributed by atoms with Gasteiger partial charge in [-0.25, -0.2) is 0 Å². The Bertz CT molecular complexity index is 798. The number of fused-ring (bicyclic) bond motifs is 3. The molecule has 0 aromatic heterocycles. The Labute approximate surface area is 155 Å². The SMILES string of the molecule is CN(C)c1ccc2c(c1)C1=CC(NC(=O)C3CCCCC3)=CC=CC1O2. The fraction of sp³-hybridized carbons (Fsp3) is 0.409. The second kappa shape index (κ2) is 7.02. The van der Waals surface area contributed by atoms with Crippen molar-refractivity contribution in [2.45, 2.75) is 38.2 Å². The average molecular weight is 350 g/mol. The summed E-state index contributed by atoms with van der Waals surface area (Å²) in [7, 11) is 4.07. The molecule has 1 unspecified atom stereocenters.